The van der Waals surface area contributed by atoms with E-state index < -0.39 is 0 Å². The van der Waals surface area contributed by atoms with Gasteiger partial charge in [-0.1, -0.05) is 37.5 Å². The second-order valence-corrected chi connectivity index (χ2v) is 8.75. The van der Waals surface area contributed by atoms with Crippen LogP contribution in [-0.4, -0.2) is 0 Å². The van der Waals surface area contributed by atoms with Gasteiger partial charge in [-0.2, -0.15) is 0 Å². The summed E-state index contributed by atoms with van der Waals surface area (Å²) in [7, 11) is 0. The van der Waals surface area contributed by atoms with E-state index >= 15 is 0 Å². The van der Waals surface area contributed by atoms with Crippen LogP contribution in [0.1, 0.15) is 55.7 Å². The van der Waals surface area contributed by atoms with Crippen LogP contribution in [0, 0.1) is 23.3 Å². The molecule has 0 atom stereocenters. The molecule has 0 unspecified atom stereocenters. The number of rotatable bonds is 5. The highest BCUT2D eigenvalue weighted by Crippen LogP contribution is 2.35. The Bertz CT molecular complexity index is 565. The van der Waals surface area contributed by atoms with Crippen molar-refractivity contribution in [3.05, 3.63) is 54.9 Å². The number of hydrogen-bond donors (Lipinski definition) is 0. The van der Waals surface area contributed by atoms with Gasteiger partial charge in [-0.05, 0) is 102 Å². The second kappa shape index (κ2) is 8.58. The first-order valence-corrected chi connectivity index (χ1v) is 10.2. The molecular weight excluding hydrogens is 399 g/mol. The highest BCUT2D eigenvalue weighted by Gasteiger charge is 2.16. The molecule has 2 rings (SSSR count). The summed E-state index contributed by atoms with van der Waals surface area (Å²) in [5.74, 6) is 0.741. The zero-order valence-corrected chi connectivity index (χ0v) is 17.0. The molecule has 0 radical (unpaired) electrons. The molecule has 0 saturated heterocycles. The van der Waals surface area contributed by atoms with Crippen molar-refractivity contribution in [2.45, 2.75) is 59.3 Å². The van der Waals surface area contributed by atoms with Crippen LogP contribution in [0.4, 0.5) is 0 Å². The molecule has 2 heteroatoms. The van der Waals surface area contributed by atoms with E-state index in [4.69, 9.17) is 0 Å². The number of allylic oxidation sites excluding steroid dienone is 2. The predicted molar refractivity (Wildman–Crippen MR) is 109 cm³/mol. The van der Waals surface area contributed by atoms with Gasteiger partial charge in [-0.3, -0.25) is 0 Å². The molecule has 0 amide bonds. The molecule has 0 bridgehead atoms. The third-order valence-corrected chi connectivity index (χ3v) is 6.88. The minimum absolute atomic E-state index is 0.741. The number of benzene rings is 1. The summed E-state index contributed by atoms with van der Waals surface area (Å²) in [6, 6.07) is 4.64. The summed E-state index contributed by atoms with van der Waals surface area (Å²) < 4.78 is 1.36. The molecule has 1 aromatic carbocycles. The zero-order chi connectivity index (χ0) is 16.1. The van der Waals surface area contributed by atoms with E-state index in [0.717, 1.165) is 12.3 Å². The molecule has 120 valence electrons. The van der Waals surface area contributed by atoms with Gasteiger partial charge in [0.15, 0.2) is 0 Å². The number of halogens is 1. The van der Waals surface area contributed by atoms with Crippen LogP contribution in [0.2, 0.25) is 0 Å². The highest BCUT2D eigenvalue weighted by atomic mass is 127. The summed E-state index contributed by atoms with van der Waals surface area (Å²) in [4.78, 5) is 1.37. The van der Waals surface area contributed by atoms with Crippen molar-refractivity contribution < 1.29 is 0 Å². The Morgan fingerprint density at radius 2 is 1.91 bits per heavy atom. The lowest BCUT2D eigenvalue weighted by Gasteiger charge is -2.22. The molecule has 0 spiro atoms. The van der Waals surface area contributed by atoms with E-state index in [2.05, 4.69) is 67.5 Å². The largest absolute Gasteiger partial charge is 0.103 e. The molecule has 1 aromatic rings. The Morgan fingerprint density at radius 3 is 2.59 bits per heavy atom. The lowest BCUT2D eigenvalue weighted by Crippen LogP contribution is -2.06. The van der Waals surface area contributed by atoms with Crippen LogP contribution in [-0.2, 0) is 6.42 Å². The number of thioether (sulfide) groups is 1. The van der Waals surface area contributed by atoms with Crippen molar-refractivity contribution >= 4 is 34.4 Å². The summed E-state index contributed by atoms with van der Waals surface area (Å²) in [5, 5.41) is 2.32. The van der Waals surface area contributed by atoms with E-state index in [0.29, 0.717) is 0 Å². The van der Waals surface area contributed by atoms with Crippen molar-refractivity contribution in [1.29, 1.82) is 0 Å². The van der Waals surface area contributed by atoms with E-state index in [1.165, 1.54) is 62.8 Å². The van der Waals surface area contributed by atoms with Gasteiger partial charge in [-0.25, -0.2) is 0 Å². The average molecular weight is 426 g/mol. The SMILES string of the molecule is C=C(S/C=C(\C)Cc1cc(C)c(I)cc1C)C1CCCCC1. The zero-order valence-electron chi connectivity index (χ0n) is 14.0. The van der Waals surface area contributed by atoms with Crippen LogP contribution in [0.3, 0.4) is 0 Å². The second-order valence-electron chi connectivity index (χ2n) is 6.59. The van der Waals surface area contributed by atoms with Crippen LogP contribution in [0.25, 0.3) is 0 Å². The summed E-state index contributed by atoms with van der Waals surface area (Å²) in [6.07, 6.45) is 7.91. The number of hydrogen-bond acceptors (Lipinski definition) is 1. The Labute approximate surface area is 154 Å². The van der Waals surface area contributed by atoms with Crippen molar-refractivity contribution in [3.63, 3.8) is 0 Å². The summed E-state index contributed by atoms with van der Waals surface area (Å²) in [6.45, 7) is 11.0. The minimum Gasteiger partial charge on any atom is -0.103 e. The van der Waals surface area contributed by atoms with Crippen molar-refractivity contribution in [3.8, 4) is 0 Å². The Balaban J connectivity index is 1.95. The van der Waals surface area contributed by atoms with Crippen LogP contribution >= 0.6 is 34.4 Å². The van der Waals surface area contributed by atoms with Gasteiger partial charge in [0.25, 0.3) is 0 Å². The molecule has 0 nitrogen and oxygen atoms in total. The highest BCUT2D eigenvalue weighted by molar-refractivity contribution is 14.1. The monoisotopic (exact) mass is 426 g/mol. The van der Waals surface area contributed by atoms with Gasteiger partial charge in [0.05, 0.1) is 0 Å². The fraction of sp³-hybridized carbons (Fsp3) is 0.500. The summed E-state index contributed by atoms with van der Waals surface area (Å²) in [5.41, 5.74) is 5.67. The molecule has 0 aliphatic heterocycles. The van der Waals surface area contributed by atoms with Crippen molar-refractivity contribution in [2.24, 2.45) is 5.92 Å². The van der Waals surface area contributed by atoms with E-state index in [9.17, 15) is 0 Å². The fourth-order valence-electron chi connectivity index (χ4n) is 3.07. The molecule has 1 aliphatic rings. The minimum atomic E-state index is 0.741. The van der Waals surface area contributed by atoms with E-state index in [1.54, 1.807) is 0 Å². The van der Waals surface area contributed by atoms with E-state index in [-0.39, 0.29) is 0 Å². The molecular formula is C20H27IS. The van der Waals surface area contributed by atoms with Crippen LogP contribution in [0.15, 0.2) is 34.6 Å². The standard InChI is InChI=1S/C20H27IS/c1-14(10-19-11-16(3)20(21)12-15(19)2)13-22-17(4)18-8-6-5-7-9-18/h11-13,18H,4-10H2,1-3H3/b14-13+. The molecule has 0 aromatic heterocycles. The fourth-order valence-corrected chi connectivity index (χ4v) is 4.56. The molecule has 22 heavy (non-hydrogen) atoms. The van der Waals surface area contributed by atoms with Crippen molar-refractivity contribution in [2.75, 3.05) is 0 Å². The number of aryl methyl sites for hydroxylation is 2. The molecule has 0 heterocycles. The molecule has 0 N–H and O–H groups in total. The topological polar surface area (TPSA) is 0 Å². The van der Waals surface area contributed by atoms with Gasteiger partial charge < -0.3 is 0 Å². The molecule has 1 saturated carbocycles. The van der Waals surface area contributed by atoms with Crippen molar-refractivity contribution in [1.82, 2.24) is 0 Å². The maximum Gasteiger partial charge on any atom is 0.0162 e. The smallest absolute Gasteiger partial charge is 0.0162 e. The quantitative estimate of drug-likeness (QED) is 0.450. The molecule has 1 fully saturated rings. The van der Waals surface area contributed by atoms with Gasteiger partial charge in [-0.15, -0.1) is 11.8 Å². The van der Waals surface area contributed by atoms with Gasteiger partial charge in [0.1, 0.15) is 0 Å². The first kappa shape index (κ1) is 18.1. The normalized spacial score (nSPS) is 16.8. The average Bonchev–Trinajstić information content (AvgIpc) is 2.51. The third kappa shape index (κ3) is 5.16. The summed E-state index contributed by atoms with van der Waals surface area (Å²) >= 11 is 4.29. The lowest BCUT2D eigenvalue weighted by molar-refractivity contribution is 0.415. The first-order valence-electron chi connectivity index (χ1n) is 8.24. The lowest BCUT2D eigenvalue weighted by atomic mass is 9.89. The van der Waals surface area contributed by atoms with Gasteiger partial charge in [0, 0.05) is 3.57 Å². The van der Waals surface area contributed by atoms with E-state index in [1.807, 2.05) is 11.8 Å². The molecule has 1 aliphatic carbocycles. The van der Waals surface area contributed by atoms with Gasteiger partial charge in [0.2, 0.25) is 0 Å². The third-order valence-electron chi connectivity index (χ3n) is 4.56. The van der Waals surface area contributed by atoms with Gasteiger partial charge >= 0.3 is 0 Å². The van der Waals surface area contributed by atoms with Crippen LogP contribution < -0.4 is 0 Å². The van der Waals surface area contributed by atoms with Crippen LogP contribution in [0.5, 0.6) is 0 Å². The predicted octanol–water partition coefficient (Wildman–Crippen LogP) is 7.18. The Morgan fingerprint density at radius 1 is 1.23 bits per heavy atom. The first-order chi connectivity index (χ1) is 10.5. The maximum atomic E-state index is 4.32. The Kier molecular flexibility index (Phi) is 7.07. The Hall–Kier alpha value is -0.220. The maximum absolute atomic E-state index is 4.32.